The Hall–Kier alpha value is -3.30. The van der Waals surface area contributed by atoms with E-state index in [1.165, 1.54) is 16.9 Å². The monoisotopic (exact) mass is 667 g/mol. The van der Waals surface area contributed by atoms with Crippen LogP contribution in [0.25, 0.3) is 11.0 Å². The Morgan fingerprint density at radius 2 is 1.81 bits per heavy atom. The van der Waals surface area contributed by atoms with Crippen LogP contribution in [0.3, 0.4) is 0 Å². The van der Waals surface area contributed by atoms with Crippen molar-refractivity contribution in [1.82, 2.24) is 14.5 Å². The normalized spacial score (nSPS) is 27.6. The average molecular weight is 668 g/mol. The Labute approximate surface area is 287 Å². The summed E-state index contributed by atoms with van der Waals surface area (Å²) in [4.78, 5) is 34.4. The number of para-hydroxylation sites is 2. The number of hydrogen-bond acceptors (Lipinski definition) is 6. The second-order valence-electron chi connectivity index (χ2n) is 15.0. The van der Waals surface area contributed by atoms with E-state index in [0.717, 1.165) is 89.1 Å². The van der Waals surface area contributed by atoms with Gasteiger partial charge < -0.3 is 20.1 Å². The molecule has 2 aromatic heterocycles. The predicted octanol–water partition coefficient (Wildman–Crippen LogP) is 7.31. The summed E-state index contributed by atoms with van der Waals surface area (Å²) in [6, 6.07) is 18.2. The van der Waals surface area contributed by atoms with Gasteiger partial charge in [0.2, 0.25) is 5.78 Å². The van der Waals surface area contributed by atoms with Crippen LogP contribution in [-0.4, -0.2) is 61.8 Å². The van der Waals surface area contributed by atoms with Crippen LogP contribution >= 0.6 is 11.3 Å². The first-order valence-electron chi connectivity index (χ1n) is 17.8. The highest BCUT2D eigenvalue weighted by Crippen LogP contribution is 2.59. The number of hydrogen-bond donors (Lipinski definition) is 3. The SMILES string of the molecule is CC1=CCC[C@@]2(C)[C@@H](CC[C@@]2(O)CN2CCC(n3c(=O)[nH]c4ccccc43)CC2)c2ccc(cc2C(=O)c2ccc(C)s2)C[C@@H](O)CC1. The molecule has 2 aromatic carbocycles. The van der Waals surface area contributed by atoms with Gasteiger partial charge in [0.15, 0.2) is 0 Å². The Bertz CT molecular complexity index is 1900. The fourth-order valence-electron chi connectivity index (χ4n) is 9.03. The molecule has 0 radical (unpaired) electrons. The number of carbonyl (C=O) groups excluding carboxylic acids is 1. The molecule has 2 bridgehead atoms. The summed E-state index contributed by atoms with van der Waals surface area (Å²) in [6.45, 7) is 8.65. The number of β-amino-alcohol motifs (C(OH)–C–C–N with tert-alkyl or cyclic N) is 1. The maximum atomic E-state index is 14.2. The van der Waals surface area contributed by atoms with Gasteiger partial charge in [-0.15, -0.1) is 11.3 Å². The van der Waals surface area contributed by atoms with Crippen LogP contribution in [-0.2, 0) is 6.42 Å². The fourth-order valence-corrected chi connectivity index (χ4v) is 9.85. The van der Waals surface area contributed by atoms with E-state index < -0.39 is 17.1 Å². The smallest absolute Gasteiger partial charge is 0.326 e. The first-order valence-corrected chi connectivity index (χ1v) is 18.6. The summed E-state index contributed by atoms with van der Waals surface area (Å²) in [6.07, 6.45) is 8.70. The summed E-state index contributed by atoms with van der Waals surface area (Å²) in [5, 5.41) is 23.7. The Kier molecular flexibility index (Phi) is 9.13. The van der Waals surface area contributed by atoms with Crippen molar-refractivity contribution in [2.75, 3.05) is 19.6 Å². The number of allylic oxidation sites excluding steroid dienone is 2. The third-order valence-corrected chi connectivity index (χ3v) is 12.9. The van der Waals surface area contributed by atoms with Crippen LogP contribution in [0.2, 0.25) is 0 Å². The number of aromatic nitrogens is 2. The minimum absolute atomic E-state index is 0.0143. The standard InChI is InChI=1S/C40H49N3O4S/c1-26-7-6-19-39(3)33(31-14-12-28(23-30(44)13-10-26)24-32(31)37(45)36-15-11-27(2)48-36)16-20-40(39,47)25-42-21-17-29(18-22-42)43-35-9-5-4-8-34(35)41-38(43)46/h4-5,7-9,11-12,14-15,24,29-30,33,44,47H,6,10,13,16-23,25H2,1-3H3,(H,41,46)/t30-,33-,39-,40+/m0/s1. The van der Waals surface area contributed by atoms with E-state index in [0.29, 0.717) is 25.8 Å². The van der Waals surface area contributed by atoms with Crippen molar-refractivity contribution in [1.29, 1.82) is 0 Å². The number of nitrogens with one attached hydrogen (secondary N) is 1. The van der Waals surface area contributed by atoms with E-state index in [2.05, 4.69) is 41.9 Å². The summed E-state index contributed by atoms with van der Waals surface area (Å²) in [5.74, 6) is 0.0510. The van der Waals surface area contributed by atoms with Gasteiger partial charge in [-0.25, -0.2) is 4.79 Å². The topological polar surface area (TPSA) is 98.6 Å². The fraction of sp³-hybridized carbons (Fsp3) is 0.500. The second-order valence-corrected chi connectivity index (χ2v) is 16.3. The molecule has 2 fully saturated rings. The minimum Gasteiger partial charge on any atom is -0.393 e. The van der Waals surface area contributed by atoms with Crippen LogP contribution in [0, 0.1) is 12.3 Å². The van der Waals surface area contributed by atoms with E-state index in [4.69, 9.17) is 0 Å². The van der Waals surface area contributed by atoms with Crippen LogP contribution < -0.4 is 5.69 Å². The van der Waals surface area contributed by atoms with Gasteiger partial charge in [-0.3, -0.25) is 9.36 Å². The zero-order chi connectivity index (χ0) is 33.6. The van der Waals surface area contributed by atoms with Crippen LogP contribution in [0.5, 0.6) is 0 Å². The predicted molar refractivity (Wildman–Crippen MR) is 193 cm³/mol. The molecule has 0 amide bonds. The van der Waals surface area contributed by atoms with Crippen molar-refractivity contribution in [3.8, 4) is 0 Å². The van der Waals surface area contributed by atoms with Crippen molar-refractivity contribution in [2.24, 2.45) is 5.41 Å². The zero-order valence-corrected chi connectivity index (χ0v) is 29.3. The van der Waals surface area contributed by atoms with Gasteiger partial charge >= 0.3 is 5.69 Å². The van der Waals surface area contributed by atoms with E-state index >= 15 is 0 Å². The number of aliphatic hydroxyl groups excluding tert-OH is 1. The molecule has 1 aliphatic heterocycles. The van der Waals surface area contributed by atoms with Crippen molar-refractivity contribution in [2.45, 2.75) is 102 Å². The number of likely N-dealkylation sites (tertiary alicyclic amines) is 1. The molecule has 3 heterocycles. The lowest BCUT2D eigenvalue weighted by molar-refractivity contribution is -0.0870. The highest BCUT2D eigenvalue weighted by atomic mass is 32.1. The maximum Gasteiger partial charge on any atom is 0.326 e. The first kappa shape index (κ1) is 33.2. The number of carbonyl (C=O) groups is 1. The molecule has 7 nitrogen and oxygen atoms in total. The molecule has 0 unspecified atom stereocenters. The van der Waals surface area contributed by atoms with Gasteiger partial charge in [-0.1, -0.05) is 42.8 Å². The van der Waals surface area contributed by atoms with Crippen molar-refractivity contribution < 1.29 is 15.0 Å². The number of thiophene rings is 1. The molecule has 0 spiro atoms. The number of fused-ring (bicyclic) bond motifs is 9. The maximum absolute atomic E-state index is 14.2. The molecule has 1 saturated heterocycles. The van der Waals surface area contributed by atoms with Gasteiger partial charge in [0.25, 0.3) is 0 Å². The van der Waals surface area contributed by atoms with Gasteiger partial charge in [0, 0.05) is 41.5 Å². The third kappa shape index (κ3) is 6.17. The summed E-state index contributed by atoms with van der Waals surface area (Å²) in [5.41, 5.74) is 4.39. The van der Waals surface area contributed by atoms with Crippen LogP contribution in [0.15, 0.2) is 71.0 Å². The van der Waals surface area contributed by atoms with E-state index in [1.807, 2.05) is 54.0 Å². The summed E-state index contributed by atoms with van der Waals surface area (Å²) in [7, 11) is 0. The van der Waals surface area contributed by atoms with Crippen molar-refractivity contribution in [3.63, 3.8) is 0 Å². The molecule has 4 atom stereocenters. The molecular formula is C40H49N3O4S. The lowest BCUT2D eigenvalue weighted by atomic mass is 9.64. The molecule has 3 aliphatic carbocycles. The van der Waals surface area contributed by atoms with Gasteiger partial charge in [0.1, 0.15) is 0 Å². The number of imidazole rings is 1. The number of aryl methyl sites for hydroxylation is 1. The Morgan fingerprint density at radius 1 is 1.02 bits per heavy atom. The molecule has 3 N–H and O–H groups in total. The second kappa shape index (κ2) is 13.2. The minimum atomic E-state index is -0.935. The highest BCUT2D eigenvalue weighted by Gasteiger charge is 2.57. The zero-order valence-electron chi connectivity index (χ0n) is 28.5. The lowest BCUT2D eigenvalue weighted by Gasteiger charge is -2.47. The number of aliphatic hydroxyl groups is 2. The molecule has 254 valence electrons. The summed E-state index contributed by atoms with van der Waals surface area (Å²) < 4.78 is 1.93. The molecule has 1 saturated carbocycles. The Balaban J connectivity index is 1.19. The van der Waals surface area contributed by atoms with E-state index in [1.54, 1.807) is 0 Å². The molecule has 48 heavy (non-hydrogen) atoms. The Morgan fingerprint density at radius 3 is 2.58 bits per heavy atom. The van der Waals surface area contributed by atoms with E-state index in [9.17, 15) is 19.8 Å². The van der Waals surface area contributed by atoms with Gasteiger partial charge in [-0.2, -0.15) is 0 Å². The highest BCUT2D eigenvalue weighted by molar-refractivity contribution is 7.14. The first-order chi connectivity index (χ1) is 23.0. The largest absolute Gasteiger partial charge is 0.393 e. The van der Waals surface area contributed by atoms with E-state index in [-0.39, 0.29) is 23.4 Å². The lowest BCUT2D eigenvalue weighted by Crippen LogP contribution is -2.54. The molecule has 8 heteroatoms. The number of H-pyrrole nitrogens is 1. The molecule has 8 rings (SSSR count). The van der Waals surface area contributed by atoms with Crippen LogP contribution in [0.4, 0.5) is 0 Å². The quantitative estimate of drug-likeness (QED) is 0.153. The molecule has 4 aromatic rings. The van der Waals surface area contributed by atoms with Gasteiger partial charge in [0.05, 0.1) is 27.6 Å². The number of aromatic amines is 1. The van der Waals surface area contributed by atoms with Crippen LogP contribution in [0.1, 0.15) is 108 Å². The molecule has 4 aliphatic rings. The number of piperidine rings is 1. The molecular weight excluding hydrogens is 619 g/mol. The average Bonchev–Trinajstić information content (AvgIpc) is 3.72. The van der Waals surface area contributed by atoms with Crippen molar-refractivity contribution in [3.05, 3.63) is 103 Å². The number of rotatable bonds is 5. The number of ketones is 1. The number of nitrogens with zero attached hydrogens (tertiary/aromatic N) is 2. The van der Waals surface area contributed by atoms with Gasteiger partial charge in [-0.05, 0) is 119 Å². The van der Waals surface area contributed by atoms with Crippen molar-refractivity contribution >= 4 is 28.2 Å². The third-order valence-electron chi connectivity index (χ3n) is 11.9. The summed E-state index contributed by atoms with van der Waals surface area (Å²) >= 11 is 1.53. The number of benzene rings is 2.